The Morgan fingerprint density at radius 2 is 1.83 bits per heavy atom. The van der Waals surface area contributed by atoms with Crippen LogP contribution in [0.25, 0.3) is 0 Å². The van der Waals surface area contributed by atoms with Crippen molar-refractivity contribution in [2.24, 2.45) is 0 Å². The van der Waals surface area contributed by atoms with Crippen LogP contribution in [0.2, 0.25) is 0 Å². The Bertz CT molecular complexity index is 173. The number of rotatable bonds is 0. The first-order chi connectivity index (χ1) is 4.86. The first kappa shape index (κ1) is 13.2. The molecule has 1 N–H and O–H groups in total. The van der Waals surface area contributed by atoms with Crippen molar-refractivity contribution in [3.05, 3.63) is 24.3 Å². The molecule has 12 heavy (non-hydrogen) atoms. The number of thioether (sulfide) groups is 1. The molecule has 0 amide bonds. The summed E-state index contributed by atoms with van der Waals surface area (Å²) in [5, 5.41) is 4.77. The molecule has 70 valence electrons. The van der Waals surface area contributed by atoms with Gasteiger partial charge in [0.05, 0.1) is 5.37 Å². The maximum absolute atomic E-state index is 3.48. The minimum Gasteiger partial charge on any atom is -0.298 e. The van der Waals surface area contributed by atoms with Gasteiger partial charge in [-0.3, -0.25) is 5.32 Å². The molecule has 0 radical (unpaired) electrons. The molecule has 0 aromatic heterocycles. The second-order valence-corrected chi connectivity index (χ2v) is 4.23. The van der Waals surface area contributed by atoms with E-state index in [1.807, 2.05) is 11.8 Å². The summed E-state index contributed by atoms with van der Waals surface area (Å²) in [6.07, 6.45) is 8.76. The lowest BCUT2D eigenvalue weighted by Gasteiger charge is -2.12. The van der Waals surface area contributed by atoms with Crippen molar-refractivity contribution >= 4 is 59.7 Å². The van der Waals surface area contributed by atoms with Crippen LogP contribution in [0.3, 0.4) is 0 Å². The van der Waals surface area contributed by atoms with Crippen molar-refractivity contribution < 1.29 is 0 Å². The Balaban J connectivity index is 0.000000605. The van der Waals surface area contributed by atoms with E-state index in [2.05, 4.69) is 36.5 Å². The van der Waals surface area contributed by atoms with Crippen molar-refractivity contribution in [2.75, 3.05) is 0 Å². The molecule has 2 rings (SSSR count). The highest BCUT2D eigenvalue weighted by atomic mass is 127. The third-order valence-electron chi connectivity index (χ3n) is 1.87. The summed E-state index contributed by atoms with van der Waals surface area (Å²) in [5.74, 6) is 0. The Kier molecular flexibility index (Phi) is 6.48. The zero-order valence-corrected chi connectivity index (χ0v) is 12.2. The second-order valence-electron chi connectivity index (χ2n) is 2.71. The lowest BCUT2D eigenvalue weighted by molar-refractivity contribution is 0.640. The van der Waals surface area contributed by atoms with Crippen LogP contribution in [0, 0.1) is 0 Å². The summed E-state index contributed by atoms with van der Waals surface area (Å²) < 4.78 is 0. The summed E-state index contributed by atoms with van der Waals surface area (Å²) in [4.78, 5) is 0. The van der Waals surface area contributed by atoms with Gasteiger partial charge in [0.2, 0.25) is 0 Å². The molecule has 0 aromatic carbocycles. The van der Waals surface area contributed by atoms with E-state index in [4.69, 9.17) is 0 Å². The van der Waals surface area contributed by atoms with Crippen LogP contribution in [0.15, 0.2) is 24.3 Å². The SMILES string of the molecule is CC1NC2C=CC=CC2S1.I.I. The van der Waals surface area contributed by atoms with Gasteiger partial charge < -0.3 is 0 Å². The fourth-order valence-electron chi connectivity index (χ4n) is 1.41. The highest BCUT2D eigenvalue weighted by Gasteiger charge is 2.28. The molecule has 1 aliphatic carbocycles. The van der Waals surface area contributed by atoms with Gasteiger partial charge in [-0.25, -0.2) is 0 Å². The van der Waals surface area contributed by atoms with Crippen LogP contribution in [0.1, 0.15) is 6.92 Å². The average Bonchev–Trinajstić information content (AvgIpc) is 2.27. The maximum atomic E-state index is 3.48. The van der Waals surface area contributed by atoms with E-state index in [1.54, 1.807) is 0 Å². The van der Waals surface area contributed by atoms with Crippen molar-refractivity contribution in [1.82, 2.24) is 5.32 Å². The quantitative estimate of drug-likeness (QED) is 0.618. The van der Waals surface area contributed by atoms with Gasteiger partial charge in [-0.2, -0.15) is 0 Å². The maximum Gasteiger partial charge on any atom is 0.0515 e. The van der Waals surface area contributed by atoms with Gasteiger partial charge in [0, 0.05) is 11.3 Å². The van der Waals surface area contributed by atoms with Crippen LogP contribution >= 0.6 is 59.7 Å². The third-order valence-corrected chi connectivity index (χ3v) is 3.18. The first-order valence-corrected chi connectivity index (χ1v) is 4.57. The van der Waals surface area contributed by atoms with E-state index in [9.17, 15) is 0 Å². The van der Waals surface area contributed by atoms with Gasteiger partial charge in [-0.1, -0.05) is 24.3 Å². The molecule has 0 saturated carbocycles. The smallest absolute Gasteiger partial charge is 0.0515 e. The van der Waals surface area contributed by atoms with Crippen molar-refractivity contribution in [2.45, 2.75) is 23.6 Å². The molecule has 0 bridgehead atoms. The molecular weight excluding hydrogens is 396 g/mol. The van der Waals surface area contributed by atoms with E-state index in [-0.39, 0.29) is 48.0 Å². The van der Waals surface area contributed by atoms with Crippen LogP contribution in [0.4, 0.5) is 0 Å². The van der Waals surface area contributed by atoms with Gasteiger partial charge in [0.15, 0.2) is 0 Å². The standard InChI is InChI=1S/C8H11NS.2HI/c1-6-9-7-4-2-3-5-8(7)10-6;;/h2-9H,1H3;2*1H. The third kappa shape index (κ3) is 2.88. The predicted octanol–water partition coefficient (Wildman–Crippen LogP) is 2.77. The van der Waals surface area contributed by atoms with Gasteiger partial charge in [-0.05, 0) is 6.92 Å². The summed E-state index contributed by atoms with van der Waals surface area (Å²) in [6.45, 7) is 2.21. The van der Waals surface area contributed by atoms with Crippen molar-refractivity contribution in [3.63, 3.8) is 0 Å². The molecule has 1 heterocycles. The average molecular weight is 409 g/mol. The first-order valence-electron chi connectivity index (χ1n) is 3.63. The zero-order valence-electron chi connectivity index (χ0n) is 6.77. The molecule has 3 atom stereocenters. The molecule has 0 spiro atoms. The molecule has 2 aliphatic rings. The number of nitrogens with one attached hydrogen (secondary N) is 1. The summed E-state index contributed by atoms with van der Waals surface area (Å²) in [7, 11) is 0. The largest absolute Gasteiger partial charge is 0.298 e. The molecule has 1 nitrogen and oxygen atoms in total. The van der Waals surface area contributed by atoms with Crippen molar-refractivity contribution in [1.29, 1.82) is 0 Å². The van der Waals surface area contributed by atoms with Gasteiger partial charge in [0.1, 0.15) is 0 Å². The Labute approximate surface area is 112 Å². The van der Waals surface area contributed by atoms with Gasteiger partial charge in [-0.15, -0.1) is 59.7 Å². The molecule has 0 aromatic rings. The number of fused-ring (bicyclic) bond motifs is 1. The molecule has 1 aliphatic heterocycles. The van der Waals surface area contributed by atoms with E-state index >= 15 is 0 Å². The Morgan fingerprint density at radius 1 is 1.17 bits per heavy atom. The highest BCUT2D eigenvalue weighted by molar-refractivity contribution is 14.0. The number of allylic oxidation sites excluding steroid dienone is 2. The minimum absolute atomic E-state index is 0. The fraction of sp³-hybridized carbons (Fsp3) is 0.500. The molecule has 3 unspecified atom stereocenters. The Hall–Kier alpha value is 1.25. The minimum atomic E-state index is 0. The lowest BCUT2D eigenvalue weighted by Crippen LogP contribution is -2.30. The van der Waals surface area contributed by atoms with E-state index in [1.165, 1.54) is 0 Å². The summed E-state index contributed by atoms with van der Waals surface area (Å²) in [6, 6.07) is 0.588. The van der Waals surface area contributed by atoms with E-state index in [0.29, 0.717) is 16.7 Å². The normalized spacial score (nSPS) is 36.6. The van der Waals surface area contributed by atoms with Crippen LogP contribution < -0.4 is 5.32 Å². The fourth-order valence-corrected chi connectivity index (χ4v) is 2.64. The van der Waals surface area contributed by atoms with E-state index in [0.717, 1.165) is 0 Å². The number of halogens is 2. The predicted molar refractivity (Wildman–Crippen MR) is 76.9 cm³/mol. The van der Waals surface area contributed by atoms with Crippen LogP contribution in [-0.4, -0.2) is 16.7 Å². The molecular formula is C8H13I2NS. The highest BCUT2D eigenvalue weighted by Crippen LogP contribution is 2.30. The van der Waals surface area contributed by atoms with Gasteiger partial charge >= 0.3 is 0 Å². The number of hydrogen-bond donors (Lipinski definition) is 1. The zero-order chi connectivity index (χ0) is 6.97. The van der Waals surface area contributed by atoms with Crippen molar-refractivity contribution in [3.8, 4) is 0 Å². The monoisotopic (exact) mass is 409 g/mol. The molecule has 1 fully saturated rings. The Morgan fingerprint density at radius 3 is 2.50 bits per heavy atom. The van der Waals surface area contributed by atoms with Gasteiger partial charge in [0.25, 0.3) is 0 Å². The van der Waals surface area contributed by atoms with Crippen LogP contribution in [-0.2, 0) is 0 Å². The second kappa shape index (κ2) is 5.87. The number of hydrogen-bond acceptors (Lipinski definition) is 2. The van der Waals surface area contributed by atoms with E-state index < -0.39 is 0 Å². The molecule has 1 saturated heterocycles. The van der Waals surface area contributed by atoms with Crippen LogP contribution in [0.5, 0.6) is 0 Å². The molecule has 4 heteroatoms. The summed E-state index contributed by atoms with van der Waals surface area (Å²) in [5.41, 5.74) is 0. The topological polar surface area (TPSA) is 12.0 Å². The summed E-state index contributed by atoms with van der Waals surface area (Å²) >= 11 is 2.00. The lowest BCUT2D eigenvalue weighted by atomic mass is 10.1.